The highest BCUT2D eigenvalue weighted by Crippen LogP contribution is 2.35. The summed E-state index contributed by atoms with van der Waals surface area (Å²) in [7, 11) is 0. The Morgan fingerprint density at radius 1 is 1.26 bits per heavy atom. The molecule has 0 saturated heterocycles. The standard InChI is InChI=1S/C19H17ClN2O/c20-16-6-8-17(9-7-16)22-18(11-13-4-5-13)19(23)15-3-1-2-14(10-15)12-21/h1-3,6-10,13,18,22H,4-5,11H2. The number of nitriles is 1. The summed E-state index contributed by atoms with van der Waals surface area (Å²) in [5.41, 5.74) is 1.97. The van der Waals surface area contributed by atoms with Crippen molar-refractivity contribution in [2.45, 2.75) is 25.3 Å². The second-order valence-corrected chi connectivity index (χ2v) is 6.38. The van der Waals surface area contributed by atoms with Gasteiger partial charge in [-0.1, -0.05) is 36.6 Å². The Balaban J connectivity index is 1.81. The van der Waals surface area contributed by atoms with E-state index in [0.717, 1.165) is 12.1 Å². The summed E-state index contributed by atoms with van der Waals surface area (Å²) in [5, 5.41) is 13.0. The SMILES string of the molecule is N#Cc1cccc(C(=O)C(CC2CC2)Nc2ccc(Cl)cc2)c1. The van der Waals surface area contributed by atoms with Crippen molar-refractivity contribution in [1.29, 1.82) is 5.26 Å². The third-order valence-electron chi connectivity index (χ3n) is 4.04. The summed E-state index contributed by atoms with van der Waals surface area (Å²) in [5.74, 6) is 0.645. The molecule has 0 radical (unpaired) electrons. The number of carbonyl (C=O) groups is 1. The molecule has 3 rings (SSSR count). The molecule has 1 unspecified atom stereocenters. The molecule has 1 fully saturated rings. The van der Waals surface area contributed by atoms with E-state index in [2.05, 4.69) is 11.4 Å². The lowest BCUT2D eigenvalue weighted by atomic mass is 9.98. The van der Waals surface area contributed by atoms with Gasteiger partial charge in [0.1, 0.15) is 0 Å². The van der Waals surface area contributed by atoms with Crippen LogP contribution in [0.15, 0.2) is 48.5 Å². The molecule has 2 aromatic carbocycles. The van der Waals surface area contributed by atoms with Crippen LogP contribution >= 0.6 is 11.6 Å². The van der Waals surface area contributed by atoms with Crippen LogP contribution in [0.4, 0.5) is 5.69 Å². The number of Topliss-reactive ketones (excluding diaryl/α,β-unsaturated/α-hetero) is 1. The van der Waals surface area contributed by atoms with Gasteiger partial charge < -0.3 is 5.32 Å². The minimum Gasteiger partial charge on any atom is -0.375 e. The van der Waals surface area contributed by atoms with Gasteiger partial charge in [0, 0.05) is 16.3 Å². The molecule has 1 aliphatic carbocycles. The highest BCUT2D eigenvalue weighted by Gasteiger charge is 2.30. The van der Waals surface area contributed by atoms with Crippen LogP contribution in [0.2, 0.25) is 5.02 Å². The number of hydrogen-bond donors (Lipinski definition) is 1. The summed E-state index contributed by atoms with van der Waals surface area (Å²) in [6.07, 6.45) is 3.19. The fourth-order valence-electron chi connectivity index (χ4n) is 2.61. The quantitative estimate of drug-likeness (QED) is 0.785. The molecule has 1 N–H and O–H groups in total. The van der Waals surface area contributed by atoms with Crippen molar-refractivity contribution in [3.8, 4) is 6.07 Å². The van der Waals surface area contributed by atoms with E-state index in [1.165, 1.54) is 12.8 Å². The van der Waals surface area contributed by atoms with Crippen molar-refractivity contribution in [2.75, 3.05) is 5.32 Å². The number of halogens is 1. The van der Waals surface area contributed by atoms with Crippen LogP contribution in [-0.4, -0.2) is 11.8 Å². The first-order valence-corrected chi connectivity index (χ1v) is 8.10. The van der Waals surface area contributed by atoms with E-state index in [1.807, 2.05) is 12.1 Å². The fraction of sp³-hybridized carbons (Fsp3) is 0.263. The van der Waals surface area contributed by atoms with E-state index < -0.39 is 0 Å². The normalized spacial score (nSPS) is 14.8. The molecule has 1 saturated carbocycles. The van der Waals surface area contributed by atoms with Gasteiger partial charge in [-0.05, 0) is 48.7 Å². The first kappa shape index (κ1) is 15.6. The summed E-state index contributed by atoms with van der Waals surface area (Å²) in [4.78, 5) is 12.8. The van der Waals surface area contributed by atoms with Crippen LogP contribution < -0.4 is 5.32 Å². The van der Waals surface area contributed by atoms with Crippen LogP contribution in [-0.2, 0) is 0 Å². The lowest BCUT2D eigenvalue weighted by molar-refractivity contribution is 0.0963. The topological polar surface area (TPSA) is 52.9 Å². The molecule has 3 nitrogen and oxygen atoms in total. The van der Waals surface area contributed by atoms with Crippen molar-refractivity contribution >= 4 is 23.1 Å². The van der Waals surface area contributed by atoms with E-state index in [-0.39, 0.29) is 11.8 Å². The first-order valence-electron chi connectivity index (χ1n) is 7.72. The molecule has 1 aliphatic rings. The smallest absolute Gasteiger partial charge is 0.185 e. The molecule has 0 amide bonds. The van der Waals surface area contributed by atoms with E-state index in [9.17, 15) is 4.79 Å². The maximum Gasteiger partial charge on any atom is 0.185 e. The Bertz CT molecular complexity index is 745. The molecule has 0 bridgehead atoms. The van der Waals surface area contributed by atoms with Gasteiger partial charge in [-0.3, -0.25) is 4.79 Å². The first-order chi connectivity index (χ1) is 11.2. The average Bonchev–Trinajstić information content (AvgIpc) is 3.39. The highest BCUT2D eigenvalue weighted by atomic mass is 35.5. The van der Waals surface area contributed by atoms with E-state index >= 15 is 0 Å². The Hall–Kier alpha value is -2.31. The minimum atomic E-state index is -0.280. The lowest BCUT2D eigenvalue weighted by Gasteiger charge is -2.19. The van der Waals surface area contributed by atoms with Gasteiger partial charge in [0.05, 0.1) is 17.7 Å². The average molecular weight is 325 g/mol. The van der Waals surface area contributed by atoms with Crippen molar-refractivity contribution in [3.05, 3.63) is 64.7 Å². The zero-order valence-corrected chi connectivity index (χ0v) is 13.4. The summed E-state index contributed by atoms with van der Waals surface area (Å²) in [6, 6.07) is 16.1. The molecule has 116 valence electrons. The number of ketones is 1. The number of rotatable bonds is 6. The number of hydrogen-bond acceptors (Lipinski definition) is 3. The van der Waals surface area contributed by atoms with E-state index in [4.69, 9.17) is 16.9 Å². The number of nitrogens with one attached hydrogen (secondary N) is 1. The molecule has 4 heteroatoms. The van der Waals surface area contributed by atoms with E-state index in [0.29, 0.717) is 22.1 Å². The fourth-order valence-corrected chi connectivity index (χ4v) is 2.73. The number of nitrogens with zero attached hydrogens (tertiary/aromatic N) is 1. The summed E-state index contributed by atoms with van der Waals surface area (Å²) in [6.45, 7) is 0. The second kappa shape index (κ2) is 6.85. The Morgan fingerprint density at radius 2 is 2.00 bits per heavy atom. The Labute approximate surface area is 140 Å². The van der Waals surface area contributed by atoms with Gasteiger partial charge in [-0.2, -0.15) is 5.26 Å². The molecule has 23 heavy (non-hydrogen) atoms. The van der Waals surface area contributed by atoms with Gasteiger partial charge in [0.2, 0.25) is 0 Å². The molecular formula is C19H17ClN2O. The minimum absolute atomic E-state index is 0.0314. The van der Waals surface area contributed by atoms with Gasteiger partial charge in [-0.15, -0.1) is 0 Å². The molecule has 0 aliphatic heterocycles. The number of carbonyl (C=O) groups excluding carboxylic acids is 1. The van der Waals surface area contributed by atoms with Gasteiger partial charge in [0.15, 0.2) is 5.78 Å². The van der Waals surface area contributed by atoms with Crippen LogP contribution in [0, 0.1) is 17.2 Å². The molecule has 0 spiro atoms. The van der Waals surface area contributed by atoms with Gasteiger partial charge in [-0.25, -0.2) is 0 Å². The van der Waals surface area contributed by atoms with Crippen molar-refractivity contribution in [3.63, 3.8) is 0 Å². The van der Waals surface area contributed by atoms with Gasteiger partial charge >= 0.3 is 0 Å². The van der Waals surface area contributed by atoms with Crippen LogP contribution in [0.5, 0.6) is 0 Å². The number of anilines is 1. The van der Waals surface area contributed by atoms with Crippen molar-refractivity contribution in [1.82, 2.24) is 0 Å². The maximum atomic E-state index is 12.8. The molecule has 0 heterocycles. The lowest BCUT2D eigenvalue weighted by Crippen LogP contribution is -2.30. The van der Waals surface area contributed by atoms with Crippen LogP contribution in [0.1, 0.15) is 35.2 Å². The maximum absolute atomic E-state index is 12.8. The van der Waals surface area contributed by atoms with Crippen molar-refractivity contribution in [2.24, 2.45) is 5.92 Å². The molecule has 0 aromatic heterocycles. The highest BCUT2D eigenvalue weighted by molar-refractivity contribution is 6.30. The van der Waals surface area contributed by atoms with Crippen LogP contribution in [0.25, 0.3) is 0 Å². The largest absolute Gasteiger partial charge is 0.375 e. The monoisotopic (exact) mass is 324 g/mol. The van der Waals surface area contributed by atoms with Crippen LogP contribution in [0.3, 0.4) is 0 Å². The zero-order chi connectivity index (χ0) is 16.2. The third-order valence-corrected chi connectivity index (χ3v) is 4.30. The molecule has 1 atom stereocenters. The van der Waals surface area contributed by atoms with E-state index in [1.54, 1.807) is 36.4 Å². The predicted octanol–water partition coefficient (Wildman–Crippen LogP) is 4.68. The zero-order valence-electron chi connectivity index (χ0n) is 12.6. The predicted molar refractivity (Wildman–Crippen MR) is 91.7 cm³/mol. The van der Waals surface area contributed by atoms with Gasteiger partial charge in [0.25, 0.3) is 0 Å². The molecular weight excluding hydrogens is 308 g/mol. The second-order valence-electron chi connectivity index (χ2n) is 5.94. The molecule has 2 aromatic rings. The third kappa shape index (κ3) is 4.12. The Kier molecular flexibility index (Phi) is 4.64. The Morgan fingerprint density at radius 3 is 2.65 bits per heavy atom. The number of benzene rings is 2. The summed E-state index contributed by atoms with van der Waals surface area (Å²) < 4.78 is 0. The van der Waals surface area contributed by atoms with Crippen molar-refractivity contribution < 1.29 is 4.79 Å². The summed E-state index contributed by atoms with van der Waals surface area (Å²) >= 11 is 5.91.